The summed E-state index contributed by atoms with van der Waals surface area (Å²) in [6.45, 7) is 0.127. The largest absolute Gasteiger partial charge is 0.386 e. The Kier molecular flexibility index (Phi) is 2.10. The zero-order valence-electron chi connectivity index (χ0n) is 6.24. The van der Waals surface area contributed by atoms with Crippen molar-refractivity contribution >= 4 is 11.6 Å². The van der Waals surface area contributed by atoms with Gasteiger partial charge in [-0.05, 0) is 0 Å². The number of nitrogens with two attached hydrogens (primary N) is 1. The summed E-state index contributed by atoms with van der Waals surface area (Å²) < 4.78 is 1.48. The fourth-order valence-electron chi connectivity index (χ4n) is 0.739. The van der Waals surface area contributed by atoms with Crippen molar-refractivity contribution < 1.29 is 4.79 Å². The minimum Gasteiger partial charge on any atom is -0.386 e. The number of hydrogen-bond acceptors (Lipinski definition) is 3. The summed E-state index contributed by atoms with van der Waals surface area (Å²) in [6.07, 6.45) is 3.34. The van der Waals surface area contributed by atoms with Crippen LogP contribution in [0, 0.1) is 0 Å². The molecule has 1 rings (SSSR count). The Morgan fingerprint density at radius 1 is 1.91 bits per heavy atom. The summed E-state index contributed by atoms with van der Waals surface area (Å²) >= 11 is 0. The van der Waals surface area contributed by atoms with Crippen molar-refractivity contribution in [2.24, 2.45) is 5.73 Å². The van der Waals surface area contributed by atoms with Gasteiger partial charge in [0.25, 0.3) is 0 Å². The number of nitrogens with zero attached hydrogens (tertiary/aromatic N) is 2. The highest BCUT2D eigenvalue weighted by Gasteiger charge is 1.98. The molecule has 0 spiro atoms. The molecule has 0 saturated carbocycles. The normalized spacial score (nSPS) is 9.55. The van der Waals surface area contributed by atoms with Crippen LogP contribution < -0.4 is 11.1 Å². The molecule has 0 saturated heterocycles. The Balaban J connectivity index is 2.65. The lowest BCUT2D eigenvalue weighted by Crippen LogP contribution is -2.18. The van der Waals surface area contributed by atoms with Gasteiger partial charge in [-0.3, -0.25) is 9.48 Å². The average Bonchev–Trinajstić information content (AvgIpc) is 2.34. The summed E-state index contributed by atoms with van der Waals surface area (Å²) in [4.78, 5) is 10.4. The summed E-state index contributed by atoms with van der Waals surface area (Å²) in [7, 11) is 1.78. The van der Waals surface area contributed by atoms with Gasteiger partial charge in [0.15, 0.2) is 0 Å². The van der Waals surface area contributed by atoms with Crippen LogP contribution in [-0.4, -0.2) is 22.7 Å². The Morgan fingerprint density at radius 2 is 2.64 bits per heavy atom. The lowest BCUT2D eigenvalue weighted by atomic mass is 10.5. The lowest BCUT2D eigenvalue weighted by molar-refractivity contribution is -0.118. The molecular formula is C6H10N4O. The van der Waals surface area contributed by atoms with Crippen LogP contribution in [0.5, 0.6) is 0 Å². The average molecular weight is 154 g/mol. The SMILES string of the molecule is CNc1cnn(CC(N)=O)c1. The first kappa shape index (κ1) is 7.59. The summed E-state index contributed by atoms with van der Waals surface area (Å²) in [5.74, 6) is -0.393. The van der Waals surface area contributed by atoms with E-state index in [4.69, 9.17) is 5.73 Å². The second-order valence-corrected chi connectivity index (χ2v) is 2.14. The van der Waals surface area contributed by atoms with Gasteiger partial charge in [0.1, 0.15) is 6.54 Å². The lowest BCUT2D eigenvalue weighted by Gasteiger charge is -1.94. The highest BCUT2D eigenvalue weighted by atomic mass is 16.1. The van der Waals surface area contributed by atoms with Crippen molar-refractivity contribution in [3.05, 3.63) is 12.4 Å². The topological polar surface area (TPSA) is 72.9 Å². The zero-order valence-corrected chi connectivity index (χ0v) is 6.24. The molecule has 0 aliphatic rings. The van der Waals surface area contributed by atoms with E-state index in [2.05, 4.69) is 10.4 Å². The fourth-order valence-corrected chi connectivity index (χ4v) is 0.739. The highest BCUT2D eigenvalue weighted by molar-refractivity contribution is 5.73. The van der Waals surface area contributed by atoms with E-state index in [-0.39, 0.29) is 6.54 Å². The van der Waals surface area contributed by atoms with Gasteiger partial charge in [0.2, 0.25) is 5.91 Å². The number of anilines is 1. The highest BCUT2D eigenvalue weighted by Crippen LogP contribution is 2.01. The van der Waals surface area contributed by atoms with E-state index < -0.39 is 5.91 Å². The zero-order chi connectivity index (χ0) is 8.27. The molecule has 1 amide bonds. The number of carbonyl (C=O) groups excluding carboxylic acids is 1. The van der Waals surface area contributed by atoms with Crippen LogP contribution in [0.1, 0.15) is 0 Å². The maximum absolute atomic E-state index is 10.4. The molecule has 1 aromatic heterocycles. The molecule has 0 fully saturated rings. The van der Waals surface area contributed by atoms with Gasteiger partial charge in [-0.15, -0.1) is 0 Å². The van der Waals surface area contributed by atoms with Gasteiger partial charge in [-0.25, -0.2) is 0 Å². The van der Waals surface area contributed by atoms with Gasteiger partial charge < -0.3 is 11.1 Å². The van der Waals surface area contributed by atoms with E-state index in [0.29, 0.717) is 0 Å². The van der Waals surface area contributed by atoms with E-state index in [0.717, 1.165) is 5.69 Å². The second kappa shape index (κ2) is 3.05. The molecule has 5 heteroatoms. The van der Waals surface area contributed by atoms with Gasteiger partial charge in [0, 0.05) is 13.2 Å². The number of nitrogens with one attached hydrogen (secondary N) is 1. The third kappa shape index (κ3) is 1.96. The van der Waals surface area contributed by atoms with Crippen molar-refractivity contribution in [2.75, 3.05) is 12.4 Å². The number of carbonyl (C=O) groups is 1. The quantitative estimate of drug-likeness (QED) is 0.611. The smallest absolute Gasteiger partial charge is 0.239 e. The van der Waals surface area contributed by atoms with Crippen molar-refractivity contribution in [3.63, 3.8) is 0 Å². The van der Waals surface area contributed by atoms with E-state index in [1.807, 2.05) is 0 Å². The third-order valence-corrected chi connectivity index (χ3v) is 1.24. The van der Waals surface area contributed by atoms with Gasteiger partial charge in [-0.1, -0.05) is 0 Å². The van der Waals surface area contributed by atoms with Crippen LogP contribution in [0.25, 0.3) is 0 Å². The molecular weight excluding hydrogens is 144 g/mol. The first-order valence-electron chi connectivity index (χ1n) is 3.21. The molecule has 11 heavy (non-hydrogen) atoms. The third-order valence-electron chi connectivity index (χ3n) is 1.24. The number of aromatic nitrogens is 2. The van der Waals surface area contributed by atoms with Crippen molar-refractivity contribution in [1.82, 2.24) is 9.78 Å². The second-order valence-electron chi connectivity index (χ2n) is 2.14. The van der Waals surface area contributed by atoms with Crippen molar-refractivity contribution in [3.8, 4) is 0 Å². The van der Waals surface area contributed by atoms with Crippen LogP contribution in [0.3, 0.4) is 0 Å². The van der Waals surface area contributed by atoms with E-state index in [1.54, 1.807) is 19.4 Å². The molecule has 1 aromatic rings. The molecule has 5 nitrogen and oxygen atoms in total. The predicted molar refractivity (Wildman–Crippen MR) is 41.0 cm³/mol. The van der Waals surface area contributed by atoms with Crippen LogP contribution in [0.4, 0.5) is 5.69 Å². The van der Waals surface area contributed by atoms with Crippen molar-refractivity contribution in [1.29, 1.82) is 0 Å². The number of rotatable bonds is 3. The van der Waals surface area contributed by atoms with Gasteiger partial charge >= 0.3 is 0 Å². The molecule has 0 atom stereocenters. The minimum absolute atomic E-state index is 0.127. The minimum atomic E-state index is -0.393. The number of amides is 1. The molecule has 0 bridgehead atoms. The van der Waals surface area contributed by atoms with Crippen LogP contribution >= 0.6 is 0 Å². The maximum atomic E-state index is 10.4. The Bertz CT molecular complexity index is 255. The first-order chi connectivity index (χ1) is 5.22. The first-order valence-corrected chi connectivity index (χ1v) is 3.21. The monoisotopic (exact) mass is 154 g/mol. The fraction of sp³-hybridized carbons (Fsp3) is 0.333. The van der Waals surface area contributed by atoms with Crippen LogP contribution in [-0.2, 0) is 11.3 Å². The molecule has 0 aliphatic heterocycles. The molecule has 3 N–H and O–H groups in total. The van der Waals surface area contributed by atoms with Gasteiger partial charge in [-0.2, -0.15) is 5.10 Å². The Labute approximate surface area is 64.2 Å². The number of hydrogen-bond donors (Lipinski definition) is 2. The van der Waals surface area contributed by atoms with Crippen LogP contribution in [0.15, 0.2) is 12.4 Å². The van der Waals surface area contributed by atoms with Crippen molar-refractivity contribution in [2.45, 2.75) is 6.54 Å². The Morgan fingerprint density at radius 3 is 3.09 bits per heavy atom. The summed E-state index contributed by atoms with van der Waals surface area (Å²) in [5, 5.41) is 6.77. The maximum Gasteiger partial charge on any atom is 0.239 e. The molecule has 60 valence electrons. The molecule has 0 radical (unpaired) electrons. The molecule has 0 unspecified atom stereocenters. The van der Waals surface area contributed by atoms with E-state index in [1.165, 1.54) is 4.68 Å². The summed E-state index contributed by atoms with van der Waals surface area (Å²) in [6, 6.07) is 0. The van der Waals surface area contributed by atoms with Gasteiger partial charge in [0.05, 0.1) is 11.9 Å². The van der Waals surface area contributed by atoms with E-state index in [9.17, 15) is 4.79 Å². The summed E-state index contributed by atoms with van der Waals surface area (Å²) in [5.41, 5.74) is 5.82. The molecule has 0 aliphatic carbocycles. The molecule has 0 aromatic carbocycles. The standard InChI is InChI=1S/C6H10N4O/c1-8-5-2-9-10(3-5)4-6(7)11/h2-3,8H,4H2,1H3,(H2,7,11). The number of primary amides is 1. The van der Waals surface area contributed by atoms with E-state index >= 15 is 0 Å². The Hall–Kier alpha value is -1.52. The molecule has 1 heterocycles. The predicted octanol–water partition coefficient (Wildman–Crippen LogP) is -0.590. The van der Waals surface area contributed by atoms with Crippen LogP contribution in [0.2, 0.25) is 0 Å².